The van der Waals surface area contributed by atoms with E-state index in [4.69, 9.17) is 5.73 Å². The maximum atomic E-state index is 10.6. The third-order valence-corrected chi connectivity index (χ3v) is 2.35. The number of hydrogen-bond donors (Lipinski definition) is 2. The number of amides is 1. The van der Waals surface area contributed by atoms with E-state index in [1.54, 1.807) is 0 Å². The number of pyridine rings is 1. The molecule has 0 aliphatic rings. The lowest BCUT2D eigenvalue weighted by Crippen LogP contribution is -2.30. The molecular formula is C10H14BrN3O. The van der Waals surface area contributed by atoms with Gasteiger partial charge in [0.05, 0.1) is 5.69 Å². The molecule has 0 fully saturated rings. The maximum Gasteiger partial charge on any atom is 0.218 e. The Bertz CT molecular complexity index is 343. The van der Waals surface area contributed by atoms with E-state index in [9.17, 15) is 4.79 Å². The lowest BCUT2D eigenvalue weighted by Gasteiger charge is -2.11. The van der Waals surface area contributed by atoms with Crippen LogP contribution in [-0.2, 0) is 11.3 Å². The zero-order valence-corrected chi connectivity index (χ0v) is 10.1. The molecular weight excluding hydrogens is 258 g/mol. The van der Waals surface area contributed by atoms with Gasteiger partial charge in [-0.2, -0.15) is 0 Å². The molecule has 0 aliphatic heterocycles. The van der Waals surface area contributed by atoms with Gasteiger partial charge in [-0.15, -0.1) is 0 Å². The first kappa shape index (κ1) is 12.1. The molecule has 5 heteroatoms. The monoisotopic (exact) mass is 271 g/mol. The van der Waals surface area contributed by atoms with Gasteiger partial charge in [0.2, 0.25) is 5.91 Å². The molecule has 82 valence electrons. The highest BCUT2D eigenvalue weighted by Crippen LogP contribution is 2.06. The highest BCUT2D eigenvalue weighted by atomic mass is 79.9. The smallest absolute Gasteiger partial charge is 0.218 e. The van der Waals surface area contributed by atoms with Crippen molar-refractivity contribution in [3.8, 4) is 0 Å². The fraction of sp³-hybridized carbons (Fsp3) is 0.400. The second-order valence-corrected chi connectivity index (χ2v) is 4.22. The van der Waals surface area contributed by atoms with E-state index < -0.39 is 0 Å². The summed E-state index contributed by atoms with van der Waals surface area (Å²) in [6.07, 6.45) is 0.341. The first-order valence-corrected chi connectivity index (χ1v) is 5.50. The summed E-state index contributed by atoms with van der Waals surface area (Å²) in [6.45, 7) is 2.55. The van der Waals surface area contributed by atoms with Crippen molar-refractivity contribution in [3.63, 3.8) is 0 Å². The third kappa shape index (κ3) is 4.90. The number of hydrogen-bond acceptors (Lipinski definition) is 3. The zero-order valence-electron chi connectivity index (χ0n) is 8.53. The fourth-order valence-corrected chi connectivity index (χ4v) is 1.58. The van der Waals surface area contributed by atoms with E-state index in [2.05, 4.69) is 26.2 Å². The Hall–Kier alpha value is -0.940. The molecule has 4 nitrogen and oxygen atoms in total. The second-order valence-electron chi connectivity index (χ2n) is 3.40. The van der Waals surface area contributed by atoms with Crippen molar-refractivity contribution < 1.29 is 4.79 Å². The van der Waals surface area contributed by atoms with Crippen LogP contribution in [0.3, 0.4) is 0 Å². The quantitative estimate of drug-likeness (QED) is 0.791. The summed E-state index contributed by atoms with van der Waals surface area (Å²) in [5.74, 6) is -0.294. The zero-order chi connectivity index (χ0) is 11.3. The van der Waals surface area contributed by atoms with Crippen molar-refractivity contribution in [2.75, 3.05) is 0 Å². The van der Waals surface area contributed by atoms with Gasteiger partial charge >= 0.3 is 0 Å². The van der Waals surface area contributed by atoms with Crippen LogP contribution in [0.15, 0.2) is 22.8 Å². The first-order valence-electron chi connectivity index (χ1n) is 4.71. The summed E-state index contributed by atoms with van der Waals surface area (Å²) in [5.41, 5.74) is 6.02. The molecule has 15 heavy (non-hydrogen) atoms. The largest absolute Gasteiger partial charge is 0.370 e. The molecule has 1 amide bonds. The highest BCUT2D eigenvalue weighted by Gasteiger charge is 2.05. The summed E-state index contributed by atoms with van der Waals surface area (Å²) in [6, 6.07) is 5.79. The predicted octanol–water partition coefficient (Wildman–Crippen LogP) is 1.20. The maximum absolute atomic E-state index is 10.6. The SMILES string of the molecule is CC(CC(N)=O)NCc1cccc(Br)n1. The van der Waals surface area contributed by atoms with Crippen LogP contribution in [0, 0.1) is 0 Å². The number of nitrogens with one attached hydrogen (secondary N) is 1. The number of primary amides is 1. The molecule has 0 spiro atoms. The number of carbonyl (C=O) groups excluding carboxylic acids is 1. The second kappa shape index (κ2) is 5.82. The summed E-state index contributed by atoms with van der Waals surface area (Å²) in [4.78, 5) is 14.9. The molecule has 1 aromatic heterocycles. The molecule has 0 aromatic carbocycles. The molecule has 1 aromatic rings. The van der Waals surface area contributed by atoms with E-state index in [1.165, 1.54) is 0 Å². The van der Waals surface area contributed by atoms with E-state index in [0.717, 1.165) is 10.3 Å². The van der Waals surface area contributed by atoms with E-state index >= 15 is 0 Å². The number of carbonyl (C=O) groups is 1. The van der Waals surface area contributed by atoms with Crippen LogP contribution in [0.4, 0.5) is 0 Å². The molecule has 0 bridgehead atoms. The van der Waals surface area contributed by atoms with Crippen molar-refractivity contribution >= 4 is 21.8 Å². The number of aromatic nitrogens is 1. The molecule has 1 rings (SSSR count). The third-order valence-electron chi connectivity index (χ3n) is 1.91. The Morgan fingerprint density at radius 1 is 1.67 bits per heavy atom. The molecule has 0 radical (unpaired) electrons. The Kier molecular flexibility index (Phi) is 4.71. The average Bonchev–Trinajstić information content (AvgIpc) is 2.14. The molecule has 0 saturated carbocycles. The minimum atomic E-state index is -0.294. The average molecular weight is 272 g/mol. The minimum absolute atomic E-state index is 0.0725. The Morgan fingerprint density at radius 3 is 3.00 bits per heavy atom. The molecule has 3 N–H and O–H groups in total. The van der Waals surface area contributed by atoms with Gasteiger partial charge in [-0.05, 0) is 35.0 Å². The topological polar surface area (TPSA) is 68.0 Å². The van der Waals surface area contributed by atoms with E-state index in [0.29, 0.717) is 13.0 Å². The number of nitrogens with zero attached hydrogens (tertiary/aromatic N) is 1. The van der Waals surface area contributed by atoms with Gasteiger partial charge in [-0.25, -0.2) is 4.98 Å². The molecule has 1 heterocycles. The summed E-state index contributed by atoms with van der Waals surface area (Å²) in [7, 11) is 0. The van der Waals surface area contributed by atoms with Gasteiger partial charge in [-0.1, -0.05) is 6.07 Å². The van der Waals surface area contributed by atoms with Crippen molar-refractivity contribution in [2.45, 2.75) is 25.9 Å². The van der Waals surface area contributed by atoms with Crippen molar-refractivity contribution in [3.05, 3.63) is 28.5 Å². The van der Waals surface area contributed by atoms with Crippen LogP contribution in [0.5, 0.6) is 0 Å². The van der Waals surface area contributed by atoms with Gasteiger partial charge in [0.15, 0.2) is 0 Å². The molecule has 0 saturated heterocycles. The van der Waals surface area contributed by atoms with Gasteiger partial charge in [0, 0.05) is 19.0 Å². The summed E-state index contributed by atoms with van der Waals surface area (Å²) >= 11 is 3.30. The van der Waals surface area contributed by atoms with Gasteiger partial charge in [0.1, 0.15) is 4.60 Å². The Balaban J connectivity index is 2.40. The predicted molar refractivity (Wildman–Crippen MR) is 62.1 cm³/mol. The molecule has 1 atom stereocenters. The van der Waals surface area contributed by atoms with Crippen LogP contribution in [0.1, 0.15) is 19.0 Å². The highest BCUT2D eigenvalue weighted by molar-refractivity contribution is 9.10. The molecule has 0 aliphatic carbocycles. The van der Waals surface area contributed by atoms with Gasteiger partial charge in [-0.3, -0.25) is 4.79 Å². The fourth-order valence-electron chi connectivity index (χ4n) is 1.20. The van der Waals surface area contributed by atoms with Crippen LogP contribution in [0.2, 0.25) is 0 Å². The minimum Gasteiger partial charge on any atom is -0.370 e. The summed E-state index contributed by atoms with van der Waals surface area (Å²) in [5, 5.41) is 3.17. The lowest BCUT2D eigenvalue weighted by molar-refractivity contribution is -0.118. The van der Waals surface area contributed by atoms with Crippen molar-refractivity contribution in [1.29, 1.82) is 0 Å². The van der Waals surface area contributed by atoms with E-state index in [1.807, 2.05) is 25.1 Å². The normalized spacial score (nSPS) is 12.4. The van der Waals surface area contributed by atoms with Crippen molar-refractivity contribution in [2.24, 2.45) is 5.73 Å². The van der Waals surface area contributed by atoms with Gasteiger partial charge < -0.3 is 11.1 Å². The Morgan fingerprint density at radius 2 is 2.40 bits per heavy atom. The standard InChI is InChI=1S/C10H14BrN3O/c1-7(5-10(12)15)13-6-8-3-2-4-9(11)14-8/h2-4,7,13H,5-6H2,1H3,(H2,12,15). The summed E-state index contributed by atoms with van der Waals surface area (Å²) < 4.78 is 0.810. The first-order chi connectivity index (χ1) is 7.08. The van der Waals surface area contributed by atoms with Crippen LogP contribution in [0.25, 0.3) is 0 Å². The molecule has 1 unspecified atom stereocenters. The number of rotatable bonds is 5. The van der Waals surface area contributed by atoms with E-state index in [-0.39, 0.29) is 11.9 Å². The number of halogens is 1. The van der Waals surface area contributed by atoms with Crippen LogP contribution in [-0.4, -0.2) is 16.9 Å². The van der Waals surface area contributed by atoms with Crippen molar-refractivity contribution in [1.82, 2.24) is 10.3 Å². The lowest BCUT2D eigenvalue weighted by atomic mass is 10.2. The van der Waals surface area contributed by atoms with Crippen LogP contribution < -0.4 is 11.1 Å². The van der Waals surface area contributed by atoms with Crippen LogP contribution >= 0.6 is 15.9 Å². The number of nitrogens with two attached hydrogens (primary N) is 1. The Labute approximate surface area is 97.4 Å². The van der Waals surface area contributed by atoms with Gasteiger partial charge in [0.25, 0.3) is 0 Å².